The summed E-state index contributed by atoms with van der Waals surface area (Å²) < 4.78 is 1.65. The number of imide groups is 1. The number of anilines is 1. The zero-order valence-corrected chi connectivity index (χ0v) is 19.1. The Hall–Kier alpha value is -3.94. The van der Waals surface area contributed by atoms with Crippen LogP contribution in [0.3, 0.4) is 0 Å². The van der Waals surface area contributed by atoms with E-state index in [2.05, 4.69) is 15.7 Å². The van der Waals surface area contributed by atoms with E-state index in [0.29, 0.717) is 11.4 Å². The second-order valence-corrected chi connectivity index (χ2v) is 9.27. The number of hydrogen-bond donors (Lipinski definition) is 2. The Morgan fingerprint density at radius 1 is 1.03 bits per heavy atom. The Morgan fingerprint density at radius 3 is 2.24 bits per heavy atom. The normalized spacial score (nSPS) is 18.4. The van der Waals surface area contributed by atoms with Crippen molar-refractivity contribution in [2.24, 2.45) is 0 Å². The van der Waals surface area contributed by atoms with Gasteiger partial charge in [0, 0.05) is 11.5 Å². The van der Waals surface area contributed by atoms with Crippen molar-refractivity contribution in [1.29, 1.82) is 0 Å². The fraction of sp³-hybridized carbons (Fsp3) is 0.280. The van der Waals surface area contributed by atoms with Gasteiger partial charge in [-0.2, -0.15) is 5.10 Å². The highest BCUT2D eigenvalue weighted by atomic mass is 16.2. The molecular formula is C25H27N5O3. The molecule has 3 aromatic rings. The Bertz CT molecular complexity index is 1200. The molecule has 4 amide bonds. The first-order valence-corrected chi connectivity index (χ1v) is 10.7. The standard InChI is InChI=1S/C25H27N5O3/c1-24(2,3)19-15-20(30(28-19)18-13-9-6-10-14-18)26-21(31)16-29-22(32)25(4,27-23(29)33)17-11-7-5-8-12-17/h5-15H,16H2,1-4H3,(H,26,31)(H,27,33). The summed E-state index contributed by atoms with van der Waals surface area (Å²) in [6.07, 6.45) is 0. The molecule has 1 aromatic heterocycles. The molecule has 0 radical (unpaired) electrons. The third-order valence-corrected chi connectivity index (χ3v) is 5.67. The van der Waals surface area contributed by atoms with Gasteiger partial charge in [-0.1, -0.05) is 69.3 Å². The topological polar surface area (TPSA) is 96.3 Å². The van der Waals surface area contributed by atoms with Crippen LogP contribution in [0.4, 0.5) is 10.6 Å². The maximum Gasteiger partial charge on any atom is 0.325 e. The molecule has 1 atom stereocenters. The molecule has 8 nitrogen and oxygen atoms in total. The van der Waals surface area contributed by atoms with Crippen LogP contribution >= 0.6 is 0 Å². The van der Waals surface area contributed by atoms with Crippen molar-refractivity contribution in [2.75, 3.05) is 11.9 Å². The lowest BCUT2D eigenvalue weighted by molar-refractivity contribution is -0.133. The van der Waals surface area contributed by atoms with Gasteiger partial charge in [-0.25, -0.2) is 9.48 Å². The molecular weight excluding hydrogens is 418 g/mol. The van der Waals surface area contributed by atoms with Crippen molar-refractivity contribution in [2.45, 2.75) is 38.6 Å². The molecule has 33 heavy (non-hydrogen) atoms. The Morgan fingerprint density at radius 2 is 1.64 bits per heavy atom. The summed E-state index contributed by atoms with van der Waals surface area (Å²) in [4.78, 5) is 39.5. The van der Waals surface area contributed by atoms with Crippen molar-refractivity contribution in [3.8, 4) is 5.69 Å². The number of urea groups is 1. The molecule has 0 saturated carbocycles. The predicted molar refractivity (Wildman–Crippen MR) is 125 cm³/mol. The number of rotatable bonds is 5. The van der Waals surface area contributed by atoms with Crippen molar-refractivity contribution < 1.29 is 14.4 Å². The minimum Gasteiger partial charge on any atom is -0.319 e. The highest BCUT2D eigenvalue weighted by molar-refractivity contribution is 6.10. The molecule has 1 aliphatic heterocycles. The minimum atomic E-state index is -1.22. The van der Waals surface area contributed by atoms with Gasteiger partial charge >= 0.3 is 6.03 Å². The van der Waals surface area contributed by atoms with E-state index in [9.17, 15) is 14.4 Å². The van der Waals surface area contributed by atoms with Crippen LogP contribution in [0.1, 0.15) is 39.0 Å². The van der Waals surface area contributed by atoms with Crippen molar-refractivity contribution >= 4 is 23.7 Å². The van der Waals surface area contributed by atoms with E-state index in [-0.39, 0.29) is 5.41 Å². The van der Waals surface area contributed by atoms with Gasteiger partial charge in [0.2, 0.25) is 5.91 Å². The fourth-order valence-electron chi connectivity index (χ4n) is 3.74. The van der Waals surface area contributed by atoms with E-state index < -0.39 is 29.9 Å². The van der Waals surface area contributed by atoms with Crippen molar-refractivity contribution in [3.05, 3.63) is 78.0 Å². The summed E-state index contributed by atoms with van der Waals surface area (Å²) in [5, 5.41) is 10.2. The molecule has 0 bridgehead atoms. The molecule has 1 aliphatic rings. The van der Waals surface area contributed by atoms with E-state index in [0.717, 1.165) is 16.3 Å². The van der Waals surface area contributed by atoms with Gasteiger partial charge in [-0.3, -0.25) is 14.5 Å². The maximum absolute atomic E-state index is 13.1. The summed E-state index contributed by atoms with van der Waals surface area (Å²) in [5.41, 5.74) is 0.789. The van der Waals surface area contributed by atoms with Crippen LogP contribution < -0.4 is 10.6 Å². The molecule has 170 valence electrons. The number of nitrogens with zero attached hydrogens (tertiary/aromatic N) is 3. The van der Waals surface area contributed by atoms with Crippen LogP contribution in [0.5, 0.6) is 0 Å². The third kappa shape index (κ3) is 4.24. The van der Waals surface area contributed by atoms with Crippen LogP contribution in [-0.2, 0) is 20.5 Å². The number of nitrogens with one attached hydrogen (secondary N) is 2. The van der Waals surface area contributed by atoms with E-state index in [1.54, 1.807) is 35.9 Å². The number of carbonyl (C=O) groups excluding carboxylic acids is 3. The SMILES string of the molecule is CC(C)(C)c1cc(NC(=O)CN2C(=O)NC(C)(c3ccccc3)C2=O)n(-c2ccccc2)n1. The van der Waals surface area contributed by atoms with E-state index in [1.165, 1.54) is 0 Å². The Kier molecular flexibility index (Phi) is 5.53. The summed E-state index contributed by atoms with van der Waals surface area (Å²) in [6.45, 7) is 7.34. The molecule has 1 saturated heterocycles. The van der Waals surface area contributed by atoms with Crippen LogP contribution in [0.25, 0.3) is 5.69 Å². The van der Waals surface area contributed by atoms with E-state index >= 15 is 0 Å². The van der Waals surface area contributed by atoms with E-state index in [4.69, 9.17) is 0 Å². The highest BCUT2D eigenvalue weighted by Gasteiger charge is 2.49. The van der Waals surface area contributed by atoms with Gasteiger partial charge in [-0.05, 0) is 24.6 Å². The number of carbonyl (C=O) groups is 3. The van der Waals surface area contributed by atoms with Gasteiger partial charge in [0.25, 0.3) is 5.91 Å². The smallest absolute Gasteiger partial charge is 0.319 e. The van der Waals surface area contributed by atoms with Gasteiger partial charge in [-0.15, -0.1) is 0 Å². The molecule has 8 heteroatoms. The minimum absolute atomic E-state index is 0.234. The molecule has 2 N–H and O–H groups in total. The van der Waals surface area contributed by atoms with Crippen LogP contribution in [0.2, 0.25) is 0 Å². The number of para-hydroxylation sites is 1. The summed E-state index contributed by atoms with van der Waals surface area (Å²) in [6, 6.07) is 19.6. The molecule has 0 spiro atoms. The van der Waals surface area contributed by atoms with Crippen molar-refractivity contribution in [3.63, 3.8) is 0 Å². The Balaban J connectivity index is 1.57. The monoisotopic (exact) mass is 445 g/mol. The Labute approximate surface area is 192 Å². The molecule has 0 aliphatic carbocycles. The van der Waals surface area contributed by atoms with Crippen LogP contribution in [-0.4, -0.2) is 39.1 Å². The number of benzene rings is 2. The summed E-state index contributed by atoms with van der Waals surface area (Å²) in [5.74, 6) is -0.497. The van der Waals surface area contributed by atoms with Crippen LogP contribution in [0.15, 0.2) is 66.7 Å². The first-order valence-electron chi connectivity index (χ1n) is 10.7. The lowest BCUT2D eigenvalue weighted by Crippen LogP contribution is -2.42. The number of aromatic nitrogens is 2. The molecule has 1 fully saturated rings. The second-order valence-electron chi connectivity index (χ2n) is 9.27. The molecule has 2 heterocycles. The maximum atomic E-state index is 13.1. The quantitative estimate of drug-likeness (QED) is 0.587. The zero-order chi connectivity index (χ0) is 23.8. The summed E-state index contributed by atoms with van der Waals surface area (Å²) >= 11 is 0. The van der Waals surface area contributed by atoms with Gasteiger partial charge in [0.15, 0.2) is 0 Å². The number of amides is 4. The average molecular weight is 446 g/mol. The first-order chi connectivity index (χ1) is 15.6. The molecule has 2 aromatic carbocycles. The van der Waals surface area contributed by atoms with Gasteiger partial charge in [0.1, 0.15) is 17.9 Å². The fourth-order valence-corrected chi connectivity index (χ4v) is 3.74. The number of hydrogen-bond acceptors (Lipinski definition) is 4. The van der Waals surface area contributed by atoms with Crippen molar-refractivity contribution in [1.82, 2.24) is 20.0 Å². The first kappa shape index (κ1) is 22.3. The summed E-state index contributed by atoms with van der Waals surface area (Å²) in [7, 11) is 0. The van der Waals surface area contributed by atoms with E-state index in [1.807, 2.05) is 63.2 Å². The lowest BCUT2D eigenvalue weighted by Gasteiger charge is -2.22. The van der Waals surface area contributed by atoms with Gasteiger partial charge < -0.3 is 10.6 Å². The lowest BCUT2D eigenvalue weighted by atomic mass is 9.92. The molecule has 4 rings (SSSR count). The second kappa shape index (κ2) is 8.20. The molecule has 1 unspecified atom stereocenters. The van der Waals surface area contributed by atoms with Gasteiger partial charge in [0.05, 0.1) is 11.4 Å². The predicted octanol–water partition coefficient (Wildman–Crippen LogP) is 3.58. The average Bonchev–Trinajstić information content (AvgIpc) is 3.30. The third-order valence-electron chi connectivity index (χ3n) is 5.67. The largest absolute Gasteiger partial charge is 0.325 e. The highest BCUT2D eigenvalue weighted by Crippen LogP contribution is 2.29. The zero-order valence-electron chi connectivity index (χ0n) is 19.1. The van der Waals surface area contributed by atoms with Crippen LogP contribution in [0, 0.1) is 0 Å².